The highest BCUT2D eigenvalue weighted by Crippen LogP contribution is 2.30. The summed E-state index contributed by atoms with van der Waals surface area (Å²) >= 11 is 0. The van der Waals surface area contributed by atoms with Crippen LogP contribution in [0.2, 0.25) is 0 Å². The zero-order chi connectivity index (χ0) is 13.9. The van der Waals surface area contributed by atoms with E-state index in [1.165, 1.54) is 51.3 Å². The molecule has 1 heterocycles. The number of amides is 1. The molecule has 0 aromatic heterocycles. The lowest BCUT2D eigenvalue weighted by atomic mass is 9.98. The van der Waals surface area contributed by atoms with E-state index in [1.807, 2.05) is 0 Å². The standard InChI is InChI=1S/C16H27N3O/c1-13(20)17-15-4-6-16(7-5-15)19-10-8-18(9-11-19)12-14-2-3-14/h6,14-15H,2-5,7-12H2,1H3,(H,17,20). The molecule has 1 N–H and O–H groups in total. The molecule has 0 radical (unpaired) electrons. The zero-order valence-corrected chi connectivity index (χ0v) is 12.6. The van der Waals surface area contributed by atoms with Gasteiger partial charge >= 0.3 is 0 Å². The molecule has 1 amide bonds. The Morgan fingerprint density at radius 2 is 2.00 bits per heavy atom. The van der Waals surface area contributed by atoms with Crippen molar-refractivity contribution in [1.29, 1.82) is 0 Å². The van der Waals surface area contributed by atoms with Crippen LogP contribution in [0, 0.1) is 5.92 Å². The molecule has 1 aliphatic heterocycles. The van der Waals surface area contributed by atoms with Gasteiger partial charge in [-0.05, 0) is 38.0 Å². The maximum Gasteiger partial charge on any atom is 0.217 e. The Morgan fingerprint density at radius 3 is 2.55 bits per heavy atom. The number of hydrogen-bond donors (Lipinski definition) is 1. The predicted octanol–water partition coefficient (Wildman–Crippen LogP) is 1.59. The van der Waals surface area contributed by atoms with Crippen LogP contribution >= 0.6 is 0 Å². The van der Waals surface area contributed by atoms with E-state index in [-0.39, 0.29) is 5.91 Å². The van der Waals surface area contributed by atoms with E-state index in [9.17, 15) is 4.79 Å². The third kappa shape index (κ3) is 3.75. The highest BCUT2D eigenvalue weighted by Gasteiger charge is 2.27. The van der Waals surface area contributed by atoms with E-state index in [4.69, 9.17) is 0 Å². The average molecular weight is 277 g/mol. The van der Waals surface area contributed by atoms with Crippen LogP contribution in [-0.4, -0.2) is 54.5 Å². The molecule has 1 atom stereocenters. The van der Waals surface area contributed by atoms with Crippen LogP contribution in [0.5, 0.6) is 0 Å². The van der Waals surface area contributed by atoms with Crippen molar-refractivity contribution in [2.24, 2.45) is 5.92 Å². The Balaban J connectivity index is 1.43. The molecule has 1 saturated carbocycles. The summed E-state index contributed by atoms with van der Waals surface area (Å²) in [4.78, 5) is 16.3. The maximum absolute atomic E-state index is 11.1. The molecule has 4 nitrogen and oxygen atoms in total. The van der Waals surface area contributed by atoms with Crippen molar-refractivity contribution in [1.82, 2.24) is 15.1 Å². The monoisotopic (exact) mass is 277 g/mol. The summed E-state index contributed by atoms with van der Waals surface area (Å²) in [5, 5.41) is 3.03. The van der Waals surface area contributed by atoms with Crippen molar-refractivity contribution < 1.29 is 4.79 Å². The molecule has 2 fully saturated rings. The fourth-order valence-electron chi connectivity index (χ4n) is 3.41. The van der Waals surface area contributed by atoms with Crippen LogP contribution in [0.3, 0.4) is 0 Å². The Morgan fingerprint density at radius 1 is 1.25 bits per heavy atom. The Hall–Kier alpha value is -1.03. The Kier molecular flexibility index (Phi) is 4.29. The summed E-state index contributed by atoms with van der Waals surface area (Å²) in [6.45, 7) is 7.76. The number of rotatable bonds is 4. The minimum atomic E-state index is 0.0977. The van der Waals surface area contributed by atoms with E-state index in [0.29, 0.717) is 6.04 Å². The van der Waals surface area contributed by atoms with Gasteiger partial charge in [0.25, 0.3) is 0 Å². The van der Waals surface area contributed by atoms with Gasteiger partial charge in [0, 0.05) is 51.4 Å². The second kappa shape index (κ2) is 6.17. The number of hydrogen-bond acceptors (Lipinski definition) is 3. The Bertz CT molecular complexity index is 381. The van der Waals surface area contributed by atoms with Crippen LogP contribution in [0.15, 0.2) is 11.8 Å². The maximum atomic E-state index is 11.1. The van der Waals surface area contributed by atoms with E-state index in [2.05, 4.69) is 21.2 Å². The van der Waals surface area contributed by atoms with Gasteiger partial charge in [-0.25, -0.2) is 0 Å². The molecule has 2 aliphatic carbocycles. The van der Waals surface area contributed by atoms with Crippen molar-refractivity contribution in [3.05, 3.63) is 11.8 Å². The highest BCUT2D eigenvalue weighted by atomic mass is 16.1. The van der Waals surface area contributed by atoms with Crippen LogP contribution in [-0.2, 0) is 4.79 Å². The van der Waals surface area contributed by atoms with E-state index in [1.54, 1.807) is 6.92 Å². The van der Waals surface area contributed by atoms with Crippen molar-refractivity contribution in [2.75, 3.05) is 32.7 Å². The van der Waals surface area contributed by atoms with Crippen molar-refractivity contribution >= 4 is 5.91 Å². The molecular weight excluding hydrogens is 250 g/mol. The molecule has 0 aromatic rings. The number of carbonyl (C=O) groups excluding carboxylic acids is 1. The number of nitrogens with zero attached hydrogens (tertiary/aromatic N) is 2. The molecule has 112 valence electrons. The predicted molar refractivity (Wildman–Crippen MR) is 80.3 cm³/mol. The van der Waals surface area contributed by atoms with Gasteiger partial charge in [0.15, 0.2) is 0 Å². The van der Waals surface area contributed by atoms with Gasteiger partial charge < -0.3 is 10.2 Å². The summed E-state index contributed by atoms with van der Waals surface area (Å²) in [7, 11) is 0. The third-order valence-corrected chi connectivity index (χ3v) is 4.79. The smallest absolute Gasteiger partial charge is 0.217 e. The molecule has 20 heavy (non-hydrogen) atoms. The lowest BCUT2D eigenvalue weighted by molar-refractivity contribution is -0.119. The van der Waals surface area contributed by atoms with Gasteiger partial charge in [-0.1, -0.05) is 6.08 Å². The van der Waals surface area contributed by atoms with E-state index in [0.717, 1.165) is 25.2 Å². The summed E-state index contributed by atoms with van der Waals surface area (Å²) in [6, 6.07) is 0.354. The lowest BCUT2D eigenvalue weighted by Gasteiger charge is -2.39. The molecular formula is C16H27N3O. The number of allylic oxidation sites excluding steroid dienone is 1. The first-order chi connectivity index (χ1) is 9.70. The van der Waals surface area contributed by atoms with Gasteiger partial charge in [-0.2, -0.15) is 0 Å². The van der Waals surface area contributed by atoms with Crippen molar-refractivity contribution in [3.8, 4) is 0 Å². The summed E-state index contributed by atoms with van der Waals surface area (Å²) in [6.07, 6.45) is 8.46. The van der Waals surface area contributed by atoms with Gasteiger partial charge in [0.05, 0.1) is 0 Å². The molecule has 0 aromatic carbocycles. The minimum Gasteiger partial charge on any atom is -0.373 e. The van der Waals surface area contributed by atoms with E-state index < -0.39 is 0 Å². The quantitative estimate of drug-likeness (QED) is 0.847. The topological polar surface area (TPSA) is 35.6 Å². The Labute approximate surface area is 122 Å². The highest BCUT2D eigenvalue weighted by molar-refractivity contribution is 5.73. The molecule has 3 rings (SSSR count). The molecule has 1 unspecified atom stereocenters. The second-order valence-electron chi connectivity index (χ2n) is 6.60. The molecule has 0 spiro atoms. The first kappa shape index (κ1) is 13.9. The second-order valence-corrected chi connectivity index (χ2v) is 6.60. The fourth-order valence-corrected chi connectivity index (χ4v) is 3.41. The number of piperazine rings is 1. The number of nitrogens with one attached hydrogen (secondary N) is 1. The van der Waals surface area contributed by atoms with Gasteiger partial charge in [0.1, 0.15) is 0 Å². The average Bonchev–Trinajstić information content (AvgIpc) is 3.24. The van der Waals surface area contributed by atoms with E-state index >= 15 is 0 Å². The van der Waals surface area contributed by atoms with Gasteiger partial charge in [-0.15, -0.1) is 0 Å². The third-order valence-electron chi connectivity index (χ3n) is 4.79. The first-order valence-electron chi connectivity index (χ1n) is 8.14. The SMILES string of the molecule is CC(=O)NC1CC=C(N2CCN(CC3CC3)CC2)CC1. The normalized spacial score (nSPS) is 28.1. The molecule has 0 bridgehead atoms. The van der Waals surface area contributed by atoms with Crippen LogP contribution < -0.4 is 5.32 Å². The minimum absolute atomic E-state index is 0.0977. The summed E-state index contributed by atoms with van der Waals surface area (Å²) in [5.74, 6) is 1.11. The summed E-state index contributed by atoms with van der Waals surface area (Å²) < 4.78 is 0. The van der Waals surface area contributed by atoms with Crippen molar-refractivity contribution in [3.63, 3.8) is 0 Å². The molecule has 3 aliphatic rings. The van der Waals surface area contributed by atoms with Crippen LogP contribution in [0.4, 0.5) is 0 Å². The number of carbonyl (C=O) groups is 1. The largest absolute Gasteiger partial charge is 0.373 e. The van der Waals surface area contributed by atoms with Crippen molar-refractivity contribution in [2.45, 2.75) is 45.1 Å². The molecule has 1 saturated heterocycles. The lowest BCUT2D eigenvalue weighted by Crippen LogP contribution is -2.47. The fraction of sp³-hybridized carbons (Fsp3) is 0.812. The van der Waals surface area contributed by atoms with Crippen LogP contribution in [0.25, 0.3) is 0 Å². The summed E-state index contributed by atoms with van der Waals surface area (Å²) in [5.41, 5.74) is 1.51. The van der Waals surface area contributed by atoms with Gasteiger partial charge in [-0.3, -0.25) is 9.69 Å². The first-order valence-corrected chi connectivity index (χ1v) is 8.14. The van der Waals surface area contributed by atoms with Crippen LogP contribution in [0.1, 0.15) is 39.0 Å². The molecule has 4 heteroatoms. The van der Waals surface area contributed by atoms with Gasteiger partial charge in [0.2, 0.25) is 5.91 Å². The zero-order valence-electron chi connectivity index (χ0n) is 12.6.